The molecule has 0 aromatic heterocycles. The van der Waals surface area contributed by atoms with Crippen molar-refractivity contribution in [2.24, 2.45) is 0 Å². The molecule has 0 aliphatic carbocycles. The van der Waals surface area contributed by atoms with Crippen molar-refractivity contribution in [1.82, 2.24) is 0 Å². The molecule has 0 aliphatic rings. The fourth-order valence-corrected chi connectivity index (χ4v) is 3.05. The molecular formula is C20H18Cl2F3NO2. The molecule has 8 heteroatoms. The highest BCUT2D eigenvalue weighted by Gasteiger charge is 2.35. The number of ether oxygens (including phenoxy) is 1. The monoisotopic (exact) mass is 431 g/mol. The number of amides is 1. The minimum Gasteiger partial charge on any atom is -0.496 e. The largest absolute Gasteiger partial charge is 0.496 e. The van der Waals surface area contributed by atoms with Crippen molar-refractivity contribution >= 4 is 34.8 Å². The number of nitrogens with one attached hydrogen (secondary N) is 1. The quantitative estimate of drug-likeness (QED) is 0.521. The summed E-state index contributed by atoms with van der Waals surface area (Å²) in [6, 6.07) is 6.87. The lowest BCUT2D eigenvalue weighted by Crippen LogP contribution is -2.23. The van der Waals surface area contributed by atoms with Crippen LogP contribution in [0, 0.1) is 6.92 Å². The third kappa shape index (κ3) is 5.00. The van der Waals surface area contributed by atoms with Crippen LogP contribution in [0.1, 0.15) is 29.0 Å². The number of hydrogen-bond acceptors (Lipinski definition) is 2. The van der Waals surface area contributed by atoms with Gasteiger partial charge in [-0.25, -0.2) is 0 Å². The van der Waals surface area contributed by atoms with Gasteiger partial charge in [0.2, 0.25) is 5.91 Å². The molecule has 0 fully saturated rings. The van der Waals surface area contributed by atoms with Gasteiger partial charge in [-0.05, 0) is 42.7 Å². The number of benzene rings is 2. The van der Waals surface area contributed by atoms with Crippen LogP contribution >= 0.6 is 23.2 Å². The average molecular weight is 432 g/mol. The summed E-state index contributed by atoms with van der Waals surface area (Å²) in [6.07, 6.45) is -2.96. The Morgan fingerprint density at radius 1 is 1.25 bits per heavy atom. The zero-order chi connectivity index (χ0) is 21.1. The molecule has 2 rings (SSSR count). The molecule has 0 radical (unpaired) electrons. The molecule has 1 amide bonds. The summed E-state index contributed by atoms with van der Waals surface area (Å²) in [4.78, 5) is 12.8. The predicted octanol–water partition coefficient (Wildman–Crippen LogP) is 6.63. The Morgan fingerprint density at radius 3 is 2.46 bits per heavy atom. The SMILES string of the molecule is C=CCC(C(=O)Nc1cc(Cl)c(Cl)cc1C(F)(F)F)c1ccc(C)c(OC)c1. The van der Waals surface area contributed by atoms with Crippen LogP contribution in [0.5, 0.6) is 5.75 Å². The highest BCUT2D eigenvalue weighted by Crippen LogP contribution is 2.40. The second-order valence-electron chi connectivity index (χ2n) is 6.10. The van der Waals surface area contributed by atoms with Gasteiger partial charge in [0, 0.05) is 0 Å². The van der Waals surface area contributed by atoms with Gasteiger partial charge in [-0.1, -0.05) is 41.4 Å². The van der Waals surface area contributed by atoms with E-state index in [4.69, 9.17) is 27.9 Å². The van der Waals surface area contributed by atoms with E-state index in [0.29, 0.717) is 17.4 Å². The second-order valence-corrected chi connectivity index (χ2v) is 6.92. The second kappa shape index (κ2) is 8.88. The topological polar surface area (TPSA) is 38.3 Å². The number of methoxy groups -OCH3 is 1. The van der Waals surface area contributed by atoms with Gasteiger partial charge < -0.3 is 10.1 Å². The number of allylic oxidation sites excluding steroid dienone is 1. The van der Waals surface area contributed by atoms with Crippen molar-refractivity contribution in [3.63, 3.8) is 0 Å². The van der Waals surface area contributed by atoms with Crippen LogP contribution in [0.15, 0.2) is 43.0 Å². The van der Waals surface area contributed by atoms with E-state index in [0.717, 1.165) is 11.6 Å². The van der Waals surface area contributed by atoms with Crippen molar-refractivity contribution in [1.29, 1.82) is 0 Å². The summed E-state index contributed by atoms with van der Waals surface area (Å²) in [7, 11) is 1.50. The van der Waals surface area contributed by atoms with E-state index >= 15 is 0 Å². The third-order valence-corrected chi connectivity index (χ3v) is 4.90. The molecule has 0 saturated carbocycles. The lowest BCUT2D eigenvalue weighted by molar-refractivity contribution is -0.137. The van der Waals surface area contributed by atoms with Gasteiger partial charge in [0.05, 0.1) is 34.3 Å². The number of carbonyl (C=O) groups is 1. The van der Waals surface area contributed by atoms with Crippen LogP contribution in [-0.4, -0.2) is 13.0 Å². The van der Waals surface area contributed by atoms with Gasteiger partial charge in [0.25, 0.3) is 0 Å². The van der Waals surface area contributed by atoms with Gasteiger partial charge in [0.15, 0.2) is 0 Å². The molecule has 3 nitrogen and oxygen atoms in total. The molecule has 1 unspecified atom stereocenters. The Bertz CT molecular complexity index is 898. The molecule has 1 N–H and O–H groups in total. The number of anilines is 1. The zero-order valence-corrected chi connectivity index (χ0v) is 16.7. The van der Waals surface area contributed by atoms with Crippen LogP contribution < -0.4 is 10.1 Å². The van der Waals surface area contributed by atoms with Crippen LogP contribution in [0.2, 0.25) is 10.0 Å². The fraction of sp³-hybridized carbons (Fsp3) is 0.250. The molecule has 0 bridgehead atoms. The van der Waals surface area contributed by atoms with Crippen LogP contribution in [0.3, 0.4) is 0 Å². The summed E-state index contributed by atoms with van der Waals surface area (Å²) in [5.41, 5.74) is -0.0737. The maximum atomic E-state index is 13.3. The molecule has 2 aromatic rings. The van der Waals surface area contributed by atoms with Crippen molar-refractivity contribution in [2.45, 2.75) is 25.4 Å². The maximum Gasteiger partial charge on any atom is 0.418 e. The minimum absolute atomic E-state index is 0.0951. The van der Waals surface area contributed by atoms with Gasteiger partial charge in [0.1, 0.15) is 5.75 Å². The highest BCUT2D eigenvalue weighted by molar-refractivity contribution is 6.42. The van der Waals surface area contributed by atoms with E-state index in [9.17, 15) is 18.0 Å². The van der Waals surface area contributed by atoms with E-state index in [-0.39, 0.29) is 16.5 Å². The molecule has 0 saturated heterocycles. The summed E-state index contributed by atoms with van der Waals surface area (Å²) < 4.78 is 45.3. The third-order valence-electron chi connectivity index (χ3n) is 4.18. The van der Waals surface area contributed by atoms with Gasteiger partial charge in [-0.15, -0.1) is 6.58 Å². The van der Waals surface area contributed by atoms with E-state index in [1.54, 1.807) is 18.2 Å². The van der Waals surface area contributed by atoms with E-state index < -0.39 is 29.3 Å². The van der Waals surface area contributed by atoms with E-state index in [1.165, 1.54) is 13.2 Å². The predicted molar refractivity (Wildman–Crippen MR) is 105 cm³/mol. The number of rotatable bonds is 6. The average Bonchev–Trinajstić information content (AvgIpc) is 2.62. The lowest BCUT2D eigenvalue weighted by Gasteiger charge is -2.20. The van der Waals surface area contributed by atoms with Gasteiger partial charge in [-0.2, -0.15) is 13.2 Å². The molecule has 0 aliphatic heterocycles. The van der Waals surface area contributed by atoms with E-state index in [2.05, 4.69) is 11.9 Å². The van der Waals surface area contributed by atoms with Crippen molar-refractivity contribution < 1.29 is 22.7 Å². The fourth-order valence-electron chi connectivity index (χ4n) is 2.72. The first-order valence-electron chi connectivity index (χ1n) is 8.21. The molecule has 150 valence electrons. The molecule has 2 aromatic carbocycles. The molecule has 28 heavy (non-hydrogen) atoms. The summed E-state index contributed by atoms with van der Waals surface area (Å²) in [5.74, 6) is -0.817. The first-order chi connectivity index (χ1) is 13.1. The van der Waals surface area contributed by atoms with Gasteiger partial charge in [-0.3, -0.25) is 4.79 Å². The highest BCUT2D eigenvalue weighted by atomic mass is 35.5. The Labute approximate surface area is 171 Å². The molecule has 0 heterocycles. The van der Waals surface area contributed by atoms with Gasteiger partial charge >= 0.3 is 6.18 Å². The molecule has 1 atom stereocenters. The van der Waals surface area contributed by atoms with Crippen LogP contribution in [-0.2, 0) is 11.0 Å². The Morgan fingerprint density at radius 2 is 1.89 bits per heavy atom. The zero-order valence-electron chi connectivity index (χ0n) is 15.2. The molecule has 0 spiro atoms. The standard InChI is InChI=1S/C20H18Cl2F3NO2/c1-4-5-13(12-7-6-11(2)18(8-12)28-3)19(27)26-17-10-16(22)15(21)9-14(17)20(23,24)25/h4,6-10,13H,1,5H2,2-3H3,(H,26,27). The number of aryl methyl sites for hydroxylation is 1. The first kappa shape index (κ1) is 22.1. The van der Waals surface area contributed by atoms with Crippen LogP contribution in [0.4, 0.5) is 18.9 Å². The Balaban J connectivity index is 2.43. The summed E-state index contributed by atoms with van der Waals surface area (Å²) in [5, 5.41) is 1.98. The smallest absolute Gasteiger partial charge is 0.418 e. The lowest BCUT2D eigenvalue weighted by atomic mass is 9.93. The summed E-state index contributed by atoms with van der Waals surface area (Å²) >= 11 is 11.6. The minimum atomic E-state index is -4.71. The van der Waals surface area contributed by atoms with E-state index in [1.807, 2.05) is 6.92 Å². The number of halogens is 5. The Hall–Kier alpha value is -2.18. The van der Waals surface area contributed by atoms with Crippen LogP contribution in [0.25, 0.3) is 0 Å². The number of hydrogen-bond donors (Lipinski definition) is 1. The first-order valence-corrected chi connectivity index (χ1v) is 8.96. The summed E-state index contributed by atoms with van der Waals surface area (Å²) in [6.45, 7) is 5.47. The normalized spacial score (nSPS) is 12.4. The number of alkyl halides is 3. The van der Waals surface area contributed by atoms with Crippen molar-refractivity contribution in [2.75, 3.05) is 12.4 Å². The number of carbonyl (C=O) groups excluding carboxylic acids is 1. The molecular weight excluding hydrogens is 414 g/mol. The maximum absolute atomic E-state index is 13.3. The van der Waals surface area contributed by atoms with Crippen molar-refractivity contribution in [3.8, 4) is 5.75 Å². The Kier molecular flexibility index (Phi) is 7.01. The van der Waals surface area contributed by atoms with Crippen molar-refractivity contribution in [3.05, 3.63) is 69.7 Å².